The normalized spacial score (nSPS) is 18.6. The molecule has 1 amide bonds. The Morgan fingerprint density at radius 1 is 0.961 bits per heavy atom. The number of anilines is 1. The molecule has 51 heavy (non-hydrogen) atoms. The summed E-state index contributed by atoms with van der Waals surface area (Å²) in [6, 6.07) is 18.0. The van der Waals surface area contributed by atoms with Crippen LogP contribution in [0.25, 0.3) is 10.9 Å². The molecule has 11 nitrogen and oxygen atoms in total. The van der Waals surface area contributed by atoms with Crippen LogP contribution in [0.3, 0.4) is 0 Å². The van der Waals surface area contributed by atoms with E-state index in [1.54, 1.807) is 60.7 Å². The number of hydrogen-bond acceptors (Lipinski definition) is 9. The summed E-state index contributed by atoms with van der Waals surface area (Å²) >= 11 is 12.9. The Balaban J connectivity index is 1.12. The molecule has 2 aromatic heterocycles. The van der Waals surface area contributed by atoms with Crippen LogP contribution in [-0.4, -0.2) is 72.1 Å². The van der Waals surface area contributed by atoms with Crippen LogP contribution in [0.5, 0.6) is 11.5 Å². The second-order valence-electron chi connectivity index (χ2n) is 12.7. The highest BCUT2D eigenvalue weighted by Gasteiger charge is 2.37. The van der Waals surface area contributed by atoms with E-state index in [1.807, 2.05) is 18.2 Å². The summed E-state index contributed by atoms with van der Waals surface area (Å²) in [6.45, 7) is 3.05. The molecule has 264 valence electrons. The molecule has 3 aliphatic rings. The van der Waals surface area contributed by atoms with Crippen LogP contribution in [-0.2, 0) is 22.4 Å². The Hall–Kier alpha value is -4.84. The molecule has 3 saturated heterocycles. The number of esters is 1. The van der Waals surface area contributed by atoms with E-state index in [9.17, 15) is 9.59 Å². The van der Waals surface area contributed by atoms with Gasteiger partial charge in [-0.05, 0) is 78.9 Å². The van der Waals surface area contributed by atoms with E-state index in [1.165, 1.54) is 19.5 Å². The van der Waals surface area contributed by atoms with Crippen molar-refractivity contribution in [3.8, 4) is 11.5 Å². The van der Waals surface area contributed by atoms with Crippen molar-refractivity contribution >= 4 is 51.9 Å². The van der Waals surface area contributed by atoms with Gasteiger partial charge in [0.05, 0.1) is 53.8 Å². The molecule has 3 aromatic carbocycles. The minimum absolute atomic E-state index is 0.156. The molecule has 0 radical (unpaired) electrons. The monoisotopic (exact) mass is 729 g/mol. The molecule has 13 heteroatoms. The molecular weight excluding hydrogens is 693 g/mol. The highest BCUT2D eigenvalue weighted by molar-refractivity contribution is 6.35. The third kappa shape index (κ3) is 7.46. The lowest BCUT2D eigenvalue weighted by atomic mass is 9.86. The number of amides is 1. The molecule has 5 heterocycles. The maximum Gasteiger partial charge on any atom is 0.414 e. The number of hydrogen-bond donors (Lipinski definition) is 1. The quantitative estimate of drug-likeness (QED) is 0.137. The average molecular weight is 731 g/mol. The number of pyridine rings is 1. The van der Waals surface area contributed by atoms with Crippen molar-refractivity contribution in [3.05, 3.63) is 112 Å². The fourth-order valence-electron chi connectivity index (χ4n) is 6.89. The predicted octanol–water partition coefficient (Wildman–Crippen LogP) is 7.66. The number of methoxy groups -OCH3 is 2. The second kappa shape index (κ2) is 15.2. The van der Waals surface area contributed by atoms with Crippen LogP contribution in [0.1, 0.15) is 46.0 Å². The predicted molar refractivity (Wildman–Crippen MR) is 194 cm³/mol. The van der Waals surface area contributed by atoms with Crippen LogP contribution in [0.15, 0.2) is 79.3 Å². The number of piperidine rings is 3. The number of halogens is 2. The molecule has 1 N–H and O–H groups in total. The van der Waals surface area contributed by atoms with Gasteiger partial charge in [0.2, 0.25) is 0 Å². The topological polar surface area (TPSA) is 119 Å². The summed E-state index contributed by atoms with van der Waals surface area (Å²) in [5, 5.41) is 8.82. The molecule has 8 rings (SSSR count). The number of carbonyl (C=O) groups is 2. The fraction of sp³-hybridized carbons (Fsp3) is 0.316. The summed E-state index contributed by atoms with van der Waals surface area (Å²) < 4.78 is 23.2. The molecule has 2 atom stereocenters. The van der Waals surface area contributed by atoms with Gasteiger partial charge in [0.15, 0.2) is 11.5 Å². The van der Waals surface area contributed by atoms with E-state index in [-0.39, 0.29) is 19.1 Å². The summed E-state index contributed by atoms with van der Waals surface area (Å²) in [6.07, 6.45) is 5.61. The number of ether oxygens (including phenoxy) is 4. The molecule has 0 unspecified atom stereocenters. The SMILES string of the molecule is COc1ccc([C@H](Cc2c(Cl)cncc2Cl)OC(=O)c2ccc(CN(C(=O)O[C@H]3CN4CCC3CC4)c3cccc4cn[nH]c34)cc2)cc1OC. The zero-order valence-electron chi connectivity index (χ0n) is 28.2. The van der Waals surface area contributed by atoms with E-state index in [4.69, 9.17) is 42.1 Å². The van der Waals surface area contributed by atoms with Gasteiger partial charge in [-0.3, -0.25) is 19.9 Å². The van der Waals surface area contributed by atoms with Crippen LogP contribution in [0.2, 0.25) is 10.0 Å². The van der Waals surface area contributed by atoms with Crippen molar-refractivity contribution in [1.29, 1.82) is 0 Å². The number of rotatable bonds is 11. The number of benzene rings is 3. The van der Waals surface area contributed by atoms with Crippen molar-refractivity contribution in [2.75, 3.05) is 38.8 Å². The summed E-state index contributed by atoms with van der Waals surface area (Å²) in [4.78, 5) is 35.6. The van der Waals surface area contributed by atoms with Crippen molar-refractivity contribution < 1.29 is 28.5 Å². The third-order valence-electron chi connectivity index (χ3n) is 9.72. The van der Waals surface area contributed by atoms with E-state index < -0.39 is 18.2 Å². The first-order chi connectivity index (χ1) is 24.8. The standard InChI is InChI=1S/C38H37Cl2N5O6/c1-48-32-11-10-26(16-34(32)49-2)33(17-28-29(39)19-41-20-30(28)40)50-37(46)25-8-6-23(7-9-25)21-45(31-5-3-4-27-18-42-43-36(27)31)38(47)51-35-22-44-14-12-24(35)13-15-44/h3-11,16,18-20,24,33,35H,12-15,17,21-22H2,1-2H3,(H,42,43)/t33-,35-/m0/s1. The number of nitrogens with one attached hydrogen (secondary N) is 1. The zero-order valence-corrected chi connectivity index (χ0v) is 29.7. The lowest BCUT2D eigenvalue weighted by Gasteiger charge is -2.44. The van der Waals surface area contributed by atoms with Crippen molar-refractivity contribution in [2.45, 2.75) is 38.0 Å². The third-order valence-corrected chi connectivity index (χ3v) is 10.4. The number of aromatic amines is 1. The Bertz CT molecular complexity index is 2010. The van der Waals surface area contributed by atoms with Crippen LogP contribution in [0, 0.1) is 5.92 Å². The Morgan fingerprint density at radius 2 is 1.71 bits per heavy atom. The van der Waals surface area contributed by atoms with Crippen LogP contribution < -0.4 is 14.4 Å². The number of nitrogens with zero attached hydrogens (tertiary/aromatic N) is 4. The molecule has 5 aromatic rings. The molecule has 3 fully saturated rings. The Kier molecular flexibility index (Phi) is 10.3. The highest BCUT2D eigenvalue weighted by Crippen LogP contribution is 2.36. The van der Waals surface area contributed by atoms with Crippen LogP contribution in [0.4, 0.5) is 10.5 Å². The Labute approximate surface area is 305 Å². The van der Waals surface area contributed by atoms with E-state index in [0.717, 1.165) is 48.9 Å². The molecule has 0 saturated carbocycles. The van der Waals surface area contributed by atoms with Gasteiger partial charge in [-0.25, -0.2) is 9.59 Å². The number of para-hydroxylation sites is 1. The summed E-state index contributed by atoms with van der Waals surface area (Å²) in [7, 11) is 3.09. The maximum atomic E-state index is 13.9. The largest absolute Gasteiger partial charge is 0.493 e. The first kappa shape index (κ1) is 34.6. The minimum Gasteiger partial charge on any atom is -0.493 e. The molecule has 3 aliphatic heterocycles. The van der Waals surface area contributed by atoms with Gasteiger partial charge in [0.1, 0.15) is 12.2 Å². The lowest BCUT2D eigenvalue weighted by Crippen LogP contribution is -2.53. The average Bonchev–Trinajstić information content (AvgIpc) is 3.65. The smallest absolute Gasteiger partial charge is 0.414 e. The van der Waals surface area contributed by atoms with Gasteiger partial charge in [-0.15, -0.1) is 0 Å². The molecular formula is C38H37Cl2N5O6. The first-order valence-electron chi connectivity index (χ1n) is 16.7. The van der Waals surface area contributed by atoms with Crippen molar-refractivity contribution in [2.24, 2.45) is 5.92 Å². The summed E-state index contributed by atoms with van der Waals surface area (Å²) in [5.41, 5.74) is 3.76. The molecule has 0 aliphatic carbocycles. The molecule has 0 spiro atoms. The first-order valence-corrected chi connectivity index (χ1v) is 17.5. The van der Waals surface area contributed by atoms with E-state index in [2.05, 4.69) is 20.1 Å². The molecule has 2 bridgehead atoms. The summed E-state index contributed by atoms with van der Waals surface area (Å²) in [5.74, 6) is 0.827. The number of aromatic nitrogens is 3. The Morgan fingerprint density at radius 3 is 2.39 bits per heavy atom. The number of H-pyrrole nitrogens is 1. The van der Waals surface area contributed by atoms with Gasteiger partial charge in [-0.2, -0.15) is 5.10 Å². The second-order valence-corrected chi connectivity index (χ2v) is 13.6. The van der Waals surface area contributed by atoms with Crippen molar-refractivity contribution in [3.63, 3.8) is 0 Å². The maximum absolute atomic E-state index is 13.9. The lowest BCUT2D eigenvalue weighted by molar-refractivity contribution is -0.0311. The van der Waals surface area contributed by atoms with Gasteiger partial charge >= 0.3 is 12.1 Å². The zero-order chi connectivity index (χ0) is 35.5. The van der Waals surface area contributed by atoms with Crippen LogP contribution >= 0.6 is 23.2 Å². The van der Waals surface area contributed by atoms with Gasteiger partial charge in [-0.1, -0.05) is 53.5 Å². The van der Waals surface area contributed by atoms with Gasteiger partial charge < -0.3 is 18.9 Å². The fourth-order valence-corrected chi connectivity index (χ4v) is 7.41. The number of carbonyl (C=O) groups excluding carboxylic acids is 2. The van der Waals surface area contributed by atoms with E-state index >= 15 is 0 Å². The van der Waals surface area contributed by atoms with E-state index in [0.29, 0.717) is 49.8 Å². The minimum atomic E-state index is -0.777. The van der Waals surface area contributed by atoms with Gasteiger partial charge in [0.25, 0.3) is 0 Å². The van der Waals surface area contributed by atoms with Gasteiger partial charge in [0, 0.05) is 30.7 Å². The number of fused-ring (bicyclic) bond motifs is 4. The highest BCUT2D eigenvalue weighted by atomic mass is 35.5. The van der Waals surface area contributed by atoms with Crippen molar-refractivity contribution in [1.82, 2.24) is 20.1 Å².